The third-order valence-electron chi connectivity index (χ3n) is 3.03. The minimum Gasteiger partial charge on any atom is -0.480 e. The minimum absolute atomic E-state index is 0.0492. The molecule has 21 heavy (non-hydrogen) atoms. The van der Waals surface area contributed by atoms with E-state index < -0.39 is 21.8 Å². The topological polar surface area (TPSA) is 83.5 Å². The number of nitrogens with one attached hydrogen (secondary N) is 1. The van der Waals surface area contributed by atoms with Gasteiger partial charge in [-0.3, -0.25) is 0 Å². The van der Waals surface area contributed by atoms with Gasteiger partial charge in [-0.05, 0) is 30.9 Å². The van der Waals surface area contributed by atoms with Crippen LogP contribution in [0.5, 0.6) is 0 Å². The number of sulfone groups is 1. The smallest absolute Gasteiger partial charge is 0.326 e. The minimum atomic E-state index is -3.40. The molecular weight excluding hydrogens is 290 g/mol. The summed E-state index contributed by atoms with van der Waals surface area (Å²) in [4.78, 5) is 11.5. The molecule has 0 radical (unpaired) electrons. The summed E-state index contributed by atoms with van der Waals surface area (Å²) >= 11 is 0. The van der Waals surface area contributed by atoms with Crippen LogP contribution in [0.2, 0.25) is 0 Å². The molecule has 5 nitrogen and oxygen atoms in total. The molecule has 118 valence electrons. The molecule has 0 aliphatic carbocycles. The number of hydrogen-bond donors (Lipinski definition) is 2. The number of carboxylic acids is 1. The Kier molecular flexibility index (Phi) is 6.20. The third-order valence-corrected chi connectivity index (χ3v) is 5.00. The molecule has 0 aliphatic rings. The molecule has 0 spiro atoms. The zero-order valence-corrected chi connectivity index (χ0v) is 13.5. The Hall–Kier alpha value is -1.56. The molecule has 0 aromatic heterocycles. The van der Waals surface area contributed by atoms with Gasteiger partial charge in [0, 0.05) is 0 Å². The van der Waals surface area contributed by atoms with Crippen molar-refractivity contribution in [1.29, 1.82) is 0 Å². The standard InChI is InChI=1S/C15H23NO4S/c1-4-9-21(19,20)14-8-6-5-7-12(14)16-13(15(17)18)10-11(2)3/h5-8,11,13,16H,4,9-10H2,1-3H3,(H,17,18). The second kappa shape index (κ2) is 7.45. The Balaban J connectivity index is 3.11. The van der Waals surface area contributed by atoms with Gasteiger partial charge in [-0.15, -0.1) is 0 Å². The van der Waals surface area contributed by atoms with Crippen molar-refractivity contribution < 1.29 is 18.3 Å². The second-order valence-electron chi connectivity index (χ2n) is 5.48. The highest BCUT2D eigenvalue weighted by Crippen LogP contribution is 2.24. The van der Waals surface area contributed by atoms with Gasteiger partial charge in [0.05, 0.1) is 16.3 Å². The molecule has 0 aliphatic heterocycles. The van der Waals surface area contributed by atoms with E-state index in [1.54, 1.807) is 25.1 Å². The molecule has 0 saturated heterocycles. The lowest BCUT2D eigenvalue weighted by molar-refractivity contribution is -0.138. The number of hydrogen-bond acceptors (Lipinski definition) is 4. The van der Waals surface area contributed by atoms with Crippen molar-refractivity contribution in [2.75, 3.05) is 11.1 Å². The van der Waals surface area contributed by atoms with Gasteiger partial charge in [0.15, 0.2) is 9.84 Å². The van der Waals surface area contributed by atoms with E-state index in [-0.39, 0.29) is 16.6 Å². The fourth-order valence-corrected chi connectivity index (χ4v) is 3.62. The van der Waals surface area contributed by atoms with E-state index in [0.717, 1.165) is 0 Å². The summed E-state index contributed by atoms with van der Waals surface area (Å²) in [5, 5.41) is 12.1. The van der Waals surface area contributed by atoms with Crippen LogP contribution in [0.3, 0.4) is 0 Å². The molecule has 1 rings (SSSR count). The average Bonchev–Trinajstić information content (AvgIpc) is 2.37. The first-order chi connectivity index (χ1) is 9.77. The van der Waals surface area contributed by atoms with Crippen LogP contribution in [-0.2, 0) is 14.6 Å². The predicted octanol–water partition coefficient (Wildman–Crippen LogP) is 2.78. The fourth-order valence-electron chi connectivity index (χ4n) is 2.12. The molecule has 1 unspecified atom stereocenters. The van der Waals surface area contributed by atoms with E-state index in [2.05, 4.69) is 5.32 Å². The SMILES string of the molecule is CCCS(=O)(=O)c1ccccc1NC(CC(C)C)C(=O)O. The normalized spacial score (nSPS) is 13.1. The predicted molar refractivity (Wildman–Crippen MR) is 83.3 cm³/mol. The third kappa shape index (κ3) is 5.04. The first kappa shape index (κ1) is 17.5. The maximum atomic E-state index is 12.2. The zero-order valence-electron chi connectivity index (χ0n) is 12.7. The molecule has 0 saturated carbocycles. The molecule has 0 amide bonds. The number of aliphatic carboxylic acids is 1. The first-order valence-electron chi connectivity index (χ1n) is 7.09. The van der Waals surface area contributed by atoms with Crippen molar-refractivity contribution in [2.45, 2.75) is 44.6 Å². The Morgan fingerprint density at radius 3 is 2.43 bits per heavy atom. The lowest BCUT2D eigenvalue weighted by atomic mass is 10.0. The summed E-state index contributed by atoms with van der Waals surface area (Å²) in [5.41, 5.74) is 0.360. The van der Waals surface area contributed by atoms with Gasteiger partial charge in [0.25, 0.3) is 0 Å². The number of para-hydroxylation sites is 1. The average molecular weight is 313 g/mol. The summed E-state index contributed by atoms with van der Waals surface area (Å²) < 4.78 is 24.5. The largest absolute Gasteiger partial charge is 0.480 e. The van der Waals surface area contributed by atoms with E-state index in [4.69, 9.17) is 0 Å². The Labute approximate surface area is 126 Å². The number of benzene rings is 1. The summed E-state index contributed by atoms with van der Waals surface area (Å²) in [6.07, 6.45) is 0.947. The van der Waals surface area contributed by atoms with E-state index in [1.165, 1.54) is 6.07 Å². The van der Waals surface area contributed by atoms with Crippen molar-refractivity contribution in [3.8, 4) is 0 Å². The Morgan fingerprint density at radius 2 is 1.90 bits per heavy atom. The number of carbonyl (C=O) groups is 1. The van der Waals surface area contributed by atoms with Crippen LogP contribution >= 0.6 is 0 Å². The van der Waals surface area contributed by atoms with Crippen LogP contribution in [0.1, 0.15) is 33.6 Å². The van der Waals surface area contributed by atoms with E-state index in [0.29, 0.717) is 18.5 Å². The number of anilines is 1. The van der Waals surface area contributed by atoms with Gasteiger partial charge in [-0.2, -0.15) is 0 Å². The molecular formula is C15H23NO4S. The van der Waals surface area contributed by atoms with Crippen molar-refractivity contribution in [3.63, 3.8) is 0 Å². The van der Waals surface area contributed by atoms with E-state index in [9.17, 15) is 18.3 Å². The molecule has 2 N–H and O–H groups in total. The van der Waals surface area contributed by atoms with Gasteiger partial charge in [0.2, 0.25) is 0 Å². The Bertz CT molecular complexity index is 581. The van der Waals surface area contributed by atoms with Gasteiger partial charge >= 0.3 is 5.97 Å². The molecule has 1 aromatic rings. The van der Waals surface area contributed by atoms with Crippen LogP contribution in [0.25, 0.3) is 0 Å². The first-order valence-corrected chi connectivity index (χ1v) is 8.74. The number of carboxylic acid groups (broad SMARTS) is 1. The monoisotopic (exact) mass is 313 g/mol. The van der Waals surface area contributed by atoms with E-state index >= 15 is 0 Å². The maximum Gasteiger partial charge on any atom is 0.326 e. The molecule has 0 fully saturated rings. The zero-order chi connectivity index (χ0) is 16.0. The van der Waals surface area contributed by atoms with Crippen molar-refractivity contribution in [3.05, 3.63) is 24.3 Å². The van der Waals surface area contributed by atoms with Crippen LogP contribution in [0.15, 0.2) is 29.2 Å². The van der Waals surface area contributed by atoms with Crippen molar-refractivity contribution >= 4 is 21.5 Å². The van der Waals surface area contributed by atoms with Crippen LogP contribution < -0.4 is 5.32 Å². The lowest BCUT2D eigenvalue weighted by Gasteiger charge is -2.19. The van der Waals surface area contributed by atoms with Crippen molar-refractivity contribution in [1.82, 2.24) is 0 Å². The molecule has 0 bridgehead atoms. The second-order valence-corrected chi connectivity index (χ2v) is 7.56. The highest BCUT2D eigenvalue weighted by Gasteiger charge is 2.23. The molecule has 1 aromatic carbocycles. The highest BCUT2D eigenvalue weighted by molar-refractivity contribution is 7.91. The molecule has 1 atom stereocenters. The van der Waals surface area contributed by atoms with E-state index in [1.807, 2.05) is 13.8 Å². The van der Waals surface area contributed by atoms with Gasteiger partial charge in [-0.1, -0.05) is 32.9 Å². The number of rotatable bonds is 8. The summed E-state index contributed by atoms with van der Waals surface area (Å²) in [6, 6.07) is 5.66. The van der Waals surface area contributed by atoms with Crippen LogP contribution in [-0.4, -0.2) is 31.3 Å². The van der Waals surface area contributed by atoms with Gasteiger partial charge < -0.3 is 10.4 Å². The summed E-state index contributed by atoms with van der Waals surface area (Å²) in [6.45, 7) is 5.65. The summed E-state index contributed by atoms with van der Waals surface area (Å²) in [7, 11) is -3.40. The van der Waals surface area contributed by atoms with Gasteiger partial charge in [0.1, 0.15) is 6.04 Å². The quantitative estimate of drug-likeness (QED) is 0.771. The molecule has 0 heterocycles. The molecule has 6 heteroatoms. The van der Waals surface area contributed by atoms with Crippen LogP contribution in [0, 0.1) is 5.92 Å². The maximum absolute atomic E-state index is 12.2. The van der Waals surface area contributed by atoms with Crippen LogP contribution in [0.4, 0.5) is 5.69 Å². The fraction of sp³-hybridized carbons (Fsp3) is 0.533. The highest BCUT2D eigenvalue weighted by atomic mass is 32.2. The Morgan fingerprint density at radius 1 is 1.29 bits per heavy atom. The van der Waals surface area contributed by atoms with Crippen molar-refractivity contribution in [2.24, 2.45) is 5.92 Å². The summed E-state index contributed by atoms with van der Waals surface area (Å²) in [5.74, 6) is -0.738. The lowest BCUT2D eigenvalue weighted by Crippen LogP contribution is -2.31. The van der Waals surface area contributed by atoms with Gasteiger partial charge in [-0.25, -0.2) is 13.2 Å².